The van der Waals surface area contributed by atoms with E-state index in [1.165, 1.54) is 0 Å². The van der Waals surface area contributed by atoms with Crippen molar-refractivity contribution in [1.29, 1.82) is 0 Å². The molecule has 1 aromatic heterocycles. The molecule has 0 bridgehead atoms. The van der Waals surface area contributed by atoms with Crippen molar-refractivity contribution in [2.45, 2.75) is 45.8 Å². The van der Waals surface area contributed by atoms with Crippen molar-refractivity contribution >= 4 is 40.3 Å². The van der Waals surface area contributed by atoms with Crippen molar-refractivity contribution in [3.8, 4) is 0 Å². The van der Waals surface area contributed by atoms with Gasteiger partial charge in [0.1, 0.15) is 11.5 Å². The second-order valence-corrected chi connectivity index (χ2v) is 11.4. The zero-order valence-electron chi connectivity index (χ0n) is 19.0. The van der Waals surface area contributed by atoms with Crippen molar-refractivity contribution in [3.63, 3.8) is 0 Å². The molecule has 1 unspecified atom stereocenters. The maximum atomic E-state index is 13.6. The van der Waals surface area contributed by atoms with E-state index in [9.17, 15) is 14.1 Å². The fourth-order valence-electron chi connectivity index (χ4n) is 4.97. The predicted molar refractivity (Wildman–Crippen MR) is 132 cm³/mol. The SMILES string of the molecule is COC(c1cc(Cl)c2c(c1Cl)C(=O)N(Cc1c(C)cc(C)[nH]c1=O)CC2)C1CC[S+]([O-])CC1. The Morgan fingerprint density at radius 1 is 1.24 bits per heavy atom. The molecular weight excluding hydrogens is 483 g/mol. The van der Waals surface area contributed by atoms with Crippen LogP contribution in [-0.2, 0) is 28.9 Å². The molecule has 1 atom stereocenters. The number of nitrogens with zero attached hydrogens (tertiary/aromatic N) is 1. The quantitative estimate of drug-likeness (QED) is 0.606. The molecule has 1 amide bonds. The molecule has 4 rings (SSSR count). The third-order valence-corrected chi connectivity index (χ3v) is 8.87. The summed E-state index contributed by atoms with van der Waals surface area (Å²) in [6.07, 6.45) is 1.77. The first kappa shape index (κ1) is 24.6. The van der Waals surface area contributed by atoms with Crippen molar-refractivity contribution in [3.05, 3.63) is 66.0 Å². The number of benzene rings is 1. The van der Waals surface area contributed by atoms with Crippen molar-refractivity contribution in [2.75, 3.05) is 25.2 Å². The van der Waals surface area contributed by atoms with E-state index in [1.54, 1.807) is 12.0 Å². The highest BCUT2D eigenvalue weighted by Crippen LogP contribution is 2.42. The molecule has 0 aliphatic carbocycles. The Morgan fingerprint density at radius 3 is 2.58 bits per heavy atom. The Labute approximate surface area is 206 Å². The molecule has 1 fully saturated rings. The molecule has 2 aliphatic rings. The average molecular weight is 511 g/mol. The number of fused-ring (bicyclic) bond motifs is 1. The largest absolute Gasteiger partial charge is 0.616 e. The predicted octanol–water partition coefficient (Wildman–Crippen LogP) is 4.34. The first-order valence-electron chi connectivity index (χ1n) is 11.1. The number of hydrogen-bond donors (Lipinski definition) is 1. The number of amides is 1. The van der Waals surface area contributed by atoms with Gasteiger partial charge in [-0.05, 0) is 62.3 Å². The van der Waals surface area contributed by atoms with Crippen LogP contribution in [0.1, 0.15) is 57.3 Å². The van der Waals surface area contributed by atoms with Crippen LogP contribution in [0.3, 0.4) is 0 Å². The van der Waals surface area contributed by atoms with E-state index >= 15 is 0 Å². The molecule has 2 aliphatic heterocycles. The number of nitrogens with one attached hydrogen (secondary N) is 1. The van der Waals surface area contributed by atoms with Crippen LogP contribution in [0.25, 0.3) is 0 Å². The monoisotopic (exact) mass is 510 g/mol. The molecule has 178 valence electrons. The highest BCUT2D eigenvalue weighted by Gasteiger charge is 2.36. The van der Waals surface area contributed by atoms with Crippen LogP contribution < -0.4 is 5.56 Å². The number of carbonyl (C=O) groups is 1. The van der Waals surface area contributed by atoms with Crippen molar-refractivity contribution in [1.82, 2.24) is 9.88 Å². The molecule has 33 heavy (non-hydrogen) atoms. The molecule has 0 radical (unpaired) electrons. The summed E-state index contributed by atoms with van der Waals surface area (Å²) < 4.78 is 17.6. The normalized spacial score (nSPS) is 21.8. The number of rotatable bonds is 5. The van der Waals surface area contributed by atoms with Gasteiger partial charge >= 0.3 is 0 Å². The second-order valence-electron chi connectivity index (χ2n) is 8.88. The first-order chi connectivity index (χ1) is 15.7. The van der Waals surface area contributed by atoms with E-state index in [1.807, 2.05) is 26.0 Å². The number of hydrogen-bond acceptors (Lipinski definition) is 4. The van der Waals surface area contributed by atoms with E-state index in [0.717, 1.165) is 29.7 Å². The van der Waals surface area contributed by atoms with Crippen LogP contribution in [-0.4, -0.2) is 45.5 Å². The fourth-order valence-corrected chi connectivity index (χ4v) is 6.97. The Bertz CT molecular complexity index is 1130. The van der Waals surface area contributed by atoms with Gasteiger partial charge in [0, 0.05) is 35.5 Å². The zero-order valence-corrected chi connectivity index (χ0v) is 21.3. The maximum absolute atomic E-state index is 13.6. The summed E-state index contributed by atoms with van der Waals surface area (Å²) in [6.45, 7) is 4.37. The fraction of sp³-hybridized carbons (Fsp3) is 0.500. The van der Waals surface area contributed by atoms with E-state index in [4.69, 9.17) is 27.9 Å². The Balaban J connectivity index is 1.68. The van der Waals surface area contributed by atoms with Crippen LogP contribution in [0.4, 0.5) is 0 Å². The number of aromatic nitrogens is 1. The molecule has 1 saturated heterocycles. The van der Waals surface area contributed by atoms with Gasteiger partial charge < -0.3 is 19.2 Å². The molecular formula is C24H28Cl2N2O4S. The summed E-state index contributed by atoms with van der Waals surface area (Å²) in [6, 6.07) is 3.72. The lowest BCUT2D eigenvalue weighted by Crippen LogP contribution is -2.39. The van der Waals surface area contributed by atoms with Crippen molar-refractivity contribution < 1.29 is 14.1 Å². The Kier molecular flexibility index (Phi) is 7.46. The lowest BCUT2D eigenvalue weighted by molar-refractivity contribution is 0.0468. The van der Waals surface area contributed by atoms with Gasteiger partial charge in [-0.1, -0.05) is 34.4 Å². The van der Waals surface area contributed by atoms with Gasteiger partial charge in [0.25, 0.3) is 11.5 Å². The van der Waals surface area contributed by atoms with Gasteiger partial charge in [-0.15, -0.1) is 0 Å². The summed E-state index contributed by atoms with van der Waals surface area (Å²) in [5.41, 5.74) is 3.85. The van der Waals surface area contributed by atoms with Crippen LogP contribution in [0.5, 0.6) is 0 Å². The number of carbonyl (C=O) groups excluding carboxylic acids is 1. The molecule has 0 spiro atoms. The van der Waals surface area contributed by atoms with Gasteiger partial charge in [0.2, 0.25) is 0 Å². The Morgan fingerprint density at radius 2 is 1.94 bits per heavy atom. The third kappa shape index (κ3) is 4.84. The summed E-state index contributed by atoms with van der Waals surface area (Å²) in [5.74, 6) is 1.20. The molecule has 9 heteroatoms. The topological polar surface area (TPSA) is 85.5 Å². The van der Waals surface area contributed by atoms with Crippen LogP contribution in [0.15, 0.2) is 16.9 Å². The van der Waals surface area contributed by atoms with E-state index in [0.29, 0.717) is 51.2 Å². The highest BCUT2D eigenvalue weighted by atomic mass is 35.5. The van der Waals surface area contributed by atoms with E-state index in [2.05, 4.69) is 4.98 Å². The molecule has 1 aromatic carbocycles. The van der Waals surface area contributed by atoms with Crippen LogP contribution >= 0.6 is 23.2 Å². The minimum Gasteiger partial charge on any atom is -0.616 e. The second kappa shape index (κ2) is 10.0. The van der Waals surface area contributed by atoms with Gasteiger partial charge in [-0.25, -0.2) is 0 Å². The maximum Gasteiger partial charge on any atom is 0.256 e. The number of methoxy groups -OCH3 is 1. The minimum absolute atomic E-state index is 0.155. The smallest absolute Gasteiger partial charge is 0.256 e. The van der Waals surface area contributed by atoms with Crippen LogP contribution in [0.2, 0.25) is 10.0 Å². The number of halogens is 2. The lowest BCUT2D eigenvalue weighted by Gasteiger charge is -2.34. The van der Waals surface area contributed by atoms with Gasteiger partial charge in [-0.3, -0.25) is 9.59 Å². The van der Waals surface area contributed by atoms with Crippen molar-refractivity contribution in [2.24, 2.45) is 5.92 Å². The zero-order chi connectivity index (χ0) is 23.9. The highest BCUT2D eigenvalue weighted by molar-refractivity contribution is 7.91. The van der Waals surface area contributed by atoms with Gasteiger partial charge in [-0.2, -0.15) is 0 Å². The third-order valence-electron chi connectivity index (χ3n) is 6.74. The van der Waals surface area contributed by atoms with Gasteiger partial charge in [0.15, 0.2) is 0 Å². The summed E-state index contributed by atoms with van der Waals surface area (Å²) in [7, 11) is 1.63. The molecule has 0 saturated carbocycles. The number of pyridine rings is 1. The average Bonchev–Trinajstić information content (AvgIpc) is 2.76. The van der Waals surface area contributed by atoms with Gasteiger partial charge in [0.05, 0.1) is 23.2 Å². The molecule has 6 nitrogen and oxygen atoms in total. The number of aromatic amines is 1. The lowest BCUT2D eigenvalue weighted by atomic mass is 9.87. The first-order valence-corrected chi connectivity index (χ1v) is 13.3. The number of H-pyrrole nitrogens is 1. The van der Waals surface area contributed by atoms with E-state index in [-0.39, 0.29) is 30.0 Å². The number of ether oxygens (including phenoxy) is 1. The molecule has 2 aromatic rings. The minimum atomic E-state index is -0.787. The van der Waals surface area contributed by atoms with E-state index < -0.39 is 11.2 Å². The summed E-state index contributed by atoms with van der Waals surface area (Å²) in [5, 5.41) is 0.861. The Hall–Kier alpha value is -1.51. The molecule has 1 N–H and O–H groups in total. The number of aryl methyl sites for hydroxylation is 2. The summed E-state index contributed by atoms with van der Waals surface area (Å²) in [4.78, 5) is 30.5. The summed E-state index contributed by atoms with van der Waals surface area (Å²) >= 11 is 12.7. The van der Waals surface area contributed by atoms with Crippen LogP contribution in [0, 0.1) is 19.8 Å². The standard InChI is InChI=1S/C24H28Cl2N2O4S/c1-13-10-14(2)27-23(29)18(13)12-28-7-4-16-19(25)11-17(21(26)20(16)24(28)30)22(32-3)15-5-8-33(31)9-6-15/h10-11,15,22H,4-9,12H2,1-3H3,(H,27,29). The molecule has 3 heterocycles.